The van der Waals surface area contributed by atoms with Crippen molar-refractivity contribution in [2.24, 2.45) is 0 Å². The predicted molar refractivity (Wildman–Crippen MR) is 97.2 cm³/mol. The van der Waals surface area contributed by atoms with Crippen LogP contribution in [0.1, 0.15) is 24.1 Å². The van der Waals surface area contributed by atoms with Crippen LogP contribution in [0.5, 0.6) is 0 Å². The van der Waals surface area contributed by atoms with Crippen LogP contribution < -0.4 is 4.90 Å². The first-order valence-electron chi connectivity index (χ1n) is 8.94. The number of aryl methyl sites for hydroxylation is 2. The van der Waals surface area contributed by atoms with Gasteiger partial charge >= 0.3 is 0 Å². The van der Waals surface area contributed by atoms with Gasteiger partial charge < -0.3 is 14.4 Å². The fourth-order valence-corrected chi connectivity index (χ4v) is 4.87. The molecule has 3 aliphatic heterocycles. The Balaban J connectivity index is 1.47. The number of rotatable bonds is 2. The van der Waals surface area contributed by atoms with Crippen molar-refractivity contribution in [2.75, 3.05) is 43.5 Å². The summed E-state index contributed by atoms with van der Waals surface area (Å²) in [5.41, 5.74) is 2.68. The molecule has 0 radical (unpaired) electrons. The third-order valence-electron chi connectivity index (χ3n) is 5.17. The third-order valence-corrected chi connectivity index (χ3v) is 6.12. The zero-order valence-corrected chi connectivity index (χ0v) is 15.9. The molecule has 140 valence electrons. The van der Waals surface area contributed by atoms with E-state index in [9.17, 15) is 9.59 Å². The number of hydrogen-bond donors (Lipinski definition) is 0. The fraction of sp³-hybridized carbons (Fsp3) is 0.611. The van der Waals surface area contributed by atoms with Crippen molar-refractivity contribution < 1.29 is 19.1 Å². The zero-order chi connectivity index (χ0) is 18.3. The van der Waals surface area contributed by atoms with Gasteiger partial charge in [-0.15, -0.1) is 0 Å². The van der Waals surface area contributed by atoms with Gasteiger partial charge in [0.2, 0.25) is 11.8 Å². The number of piperidine rings is 1. The number of ether oxygens (including phenoxy) is 2. The lowest BCUT2D eigenvalue weighted by Gasteiger charge is -2.38. The first-order chi connectivity index (χ1) is 12.5. The van der Waals surface area contributed by atoms with Crippen LogP contribution in [0, 0.1) is 13.8 Å². The summed E-state index contributed by atoms with van der Waals surface area (Å²) in [5.74, 6) is -0.260. The average Bonchev–Trinajstić information content (AvgIpc) is 3.05. The molecule has 8 heteroatoms. The molecule has 2 saturated heterocycles. The number of thioether (sulfide) groups is 1. The smallest absolute Gasteiger partial charge is 0.242 e. The van der Waals surface area contributed by atoms with Gasteiger partial charge in [0.25, 0.3) is 0 Å². The number of carbonyl (C=O) groups is 2. The van der Waals surface area contributed by atoms with E-state index in [1.807, 2.05) is 24.8 Å². The molecular weight excluding hydrogens is 354 g/mol. The van der Waals surface area contributed by atoms with E-state index in [2.05, 4.69) is 4.98 Å². The van der Waals surface area contributed by atoms with E-state index in [1.54, 1.807) is 4.90 Å². The Morgan fingerprint density at radius 3 is 2.65 bits per heavy atom. The second-order valence-electron chi connectivity index (χ2n) is 6.99. The number of carbonyl (C=O) groups excluding carboxylic acids is 2. The number of fused-ring (bicyclic) bond motifs is 1. The number of anilines is 1. The van der Waals surface area contributed by atoms with E-state index < -0.39 is 5.79 Å². The molecule has 3 aliphatic rings. The van der Waals surface area contributed by atoms with E-state index in [0.717, 1.165) is 22.0 Å². The Morgan fingerprint density at radius 2 is 1.96 bits per heavy atom. The molecule has 4 heterocycles. The Labute approximate surface area is 157 Å². The number of nitrogens with zero attached hydrogens (tertiary/aromatic N) is 3. The minimum atomic E-state index is -0.501. The largest absolute Gasteiger partial charge is 0.347 e. The second kappa shape index (κ2) is 6.83. The van der Waals surface area contributed by atoms with Crippen LogP contribution in [-0.2, 0) is 19.1 Å². The zero-order valence-electron chi connectivity index (χ0n) is 15.1. The highest BCUT2D eigenvalue weighted by Gasteiger charge is 2.41. The molecular formula is C18H23N3O4S. The molecule has 0 atom stereocenters. The lowest BCUT2D eigenvalue weighted by molar-refractivity contribution is -0.187. The Bertz CT molecular complexity index is 738. The van der Waals surface area contributed by atoms with Gasteiger partial charge in [-0.2, -0.15) is 0 Å². The topological polar surface area (TPSA) is 72.0 Å². The number of likely N-dealkylation sites (tertiary alicyclic amines) is 1. The van der Waals surface area contributed by atoms with Gasteiger partial charge in [0, 0.05) is 31.6 Å². The van der Waals surface area contributed by atoms with E-state index in [0.29, 0.717) is 44.9 Å². The molecule has 0 aromatic carbocycles. The van der Waals surface area contributed by atoms with Crippen molar-refractivity contribution in [3.05, 3.63) is 17.3 Å². The molecule has 1 aromatic rings. The Kier molecular flexibility index (Phi) is 4.66. The summed E-state index contributed by atoms with van der Waals surface area (Å²) >= 11 is 1.44. The number of amides is 2. The predicted octanol–water partition coefficient (Wildman–Crippen LogP) is 1.50. The van der Waals surface area contributed by atoms with Crippen molar-refractivity contribution in [1.29, 1.82) is 0 Å². The average molecular weight is 377 g/mol. The molecule has 7 nitrogen and oxygen atoms in total. The molecule has 0 unspecified atom stereocenters. The lowest BCUT2D eigenvalue weighted by atomic mass is 10.0. The maximum Gasteiger partial charge on any atom is 0.242 e. The quantitative estimate of drug-likeness (QED) is 0.778. The van der Waals surface area contributed by atoms with Gasteiger partial charge in [0.1, 0.15) is 11.6 Å². The van der Waals surface area contributed by atoms with Crippen LogP contribution in [0.25, 0.3) is 0 Å². The van der Waals surface area contributed by atoms with Crippen molar-refractivity contribution in [3.8, 4) is 0 Å². The number of aromatic nitrogens is 1. The normalized spacial score (nSPS) is 22.0. The summed E-state index contributed by atoms with van der Waals surface area (Å²) in [6.45, 7) is 6.39. The second-order valence-corrected chi connectivity index (χ2v) is 7.96. The van der Waals surface area contributed by atoms with Gasteiger partial charge in [-0.05, 0) is 25.5 Å². The molecule has 2 fully saturated rings. The first-order valence-corrected chi connectivity index (χ1v) is 9.93. The van der Waals surface area contributed by atoms with E-state index in [-0.39, 0.29) is 18.4 Å². The third kappa shape index (κ3) is 3.21. The molecule has 1 aromatic heterocycles. The van der Waals surface area contributed by atoms with Crippen LogP contribution in [0.4, 0.5) is 5.69 Å². The van der Waals surface area contributed by atoms with E-state index in [4.69, 9.17) is 9.47 Å². The summed E-state index contributed by atoms with van der Waals surface area (Å²) < 4.78 is 11.4. The molecule has 2 amide bonds. The lowest BCUT2D eigenvalue weighted by Crippen LogP contribution is -2.51. The monoisotopic (exact) mass is 377 g/mol. The van der Waals surface area contributed by atoms with Crippen molar-refractivity contribution in [2.45, 2.75) is 37.5 Å². The highest BCUT2D eigenvalue weighted by atomic mass is 32.2. The van der Waals surface area contributed by atoms with Gasteiger partial charge in [-0.1, -0.05) is 11.8 Å². The van der Waals surface area contributed by atoms with Crippen LogP contribution in [-0.4, -0.2) is 66.1 Å². The highest BCUT2D eigenvalue weighted by molar-refractivity contribution is 8.00. The molecule has 0 saturated carbocycles. The van der Waals surface area contributed by atoms with Gasteiger partial charge in [0.05, 0.1) is 24.7 Å². The van der Waals surface area contributed by atoms with E-state index in [1.165, 1.54) is 11.8 Å². The molecule has 0 bridgehead atoms. The van der Waals surface area contributed by atoms with Crippen molar-refractivity contribution in [3.63, 3.8) is 0 Å². The molecule has 26 heavy (non-hydrogen) atoms. The molecule has 4 rings (SSSR count). The van der Waals surface area contributed by atoms with Crippen LogP contribution in [0.2, 0.25) is 0 Å². The molecule has 0 aliphatic carbocycles. The Hall–Kier alpha value is -1.64. The van der Waals surface area contributed by atoms with Crippen molar-refractivity contribution >= 4 is 29.3 Å². The molecule has 1 spiro atoms. The summed E-state index contributed by atoms with van der Waals surface area (Å²) in [4.78, 5) is 33.3. The van der Waals surface area contributed by atoms with Gasteiger partial charge in [-0.25, -0.2) is 4.98 Å². The molecule has 0 N–H and O–H groups in total. The first kappa shape index (κ1) is 17.8. The maximum atomic E-state index is 12.8. The maximum absolute atomic E-state index is 12.8. The summed E-state index contributed by atoms with van der Waals surface area (Å²) in [7, 11) is 0. The Morgan fingerprint density at radius 1 is 1.27 bits per heavy atom. The SMILES string of the molecule is Cc1cc(C)c2c(n1)SCC(=O)N2CC(=O)N1CCC2(CC1)OCCO2. The highest BCUT2D eigenvalue weighted by Crippen LogP contribution is 2.37. The summed E-state index contributed by atoms with van der Waals surface area (Å²) in [6.07, 6.45) is 1.36. The number of pyridine rings is 1. The summed E-state index contributed by atoms with van der Waals surface area (Å²) in [6, 6.07) is 1.95. The van der Waals surface area contributed by atoms with Gasteiger partial charge in [0.15, 0.2) is 5.79 Å². The minimum Gasteiger partial charge on any atom is -0.347 e. The number of hydrogen-bond acceptors (Lipinski definition) is 6. The standard InChI is InChI=1S/C18H23N3O4S/c1-12-9-13(2)19-17-16(12)21(15(23)11-26-17)10-14(22)20-5-3-18(4-6-20)24-7-8-25-18/h9H,3-8,10-11H2,1-2H3. The van der Waals surface area contributed by atoms with Crippen LogP contribution in [0.3, 0.4) is 0 Å². The van der Waals surface area contributed by atoms with E-state index >= 15 is 0 Å². The van der Waals surface area contributed by atoms with Crippen LogP contribution in [0.15, 0.2) is 11.1 Å². The fourth-order valence-electron chi connectivity index (χ4n) is 3.84. The van der Waals surface area contributed by atoms with Crippen LogP contribution >= 0.6 is 11.8 Å². The van der Waals surface area contributed by atoms with Crippen molar-refractivity contribution in [1.82, 2.24) is 9.88 Å². The minimum absolute atomic E-state index is 0.0379. The van der Waals surface area contributed by atoms with Gasteiger partial charge in [-0.3, -0.25) is 14.5 Å². The summed E-state index contributed by atoms with van der Waals surface area (Å²) in [5, 5.41) is 0.834.